The second-order valence-electron chi connectivity index (χ2n) is 5.66. The quantitative estimate of drug-likeness (QED) is 0.902. The Hall–Kier alpha value is -2.37. The van der Waals surface area contributed by atoms with Gasteiger partial charge in [0.15, 0.2) is 0 Å². The number of carbonyl (C=O) groups excluding carboxylic acids is 1. The predicted octanol–water partition coefficient (Wildman–Crippen LogP) is 1.09. The van der Waals surface area contributed by atoms with Crippen molar-refractivity contribution in [2.45, 2.75) is 32.2 Å². The fraction of sp³-hybridized carbons (Fsp3) is 0.438. The summed E-state index contributed by atoms with van der Waals surface area (Å²) < 4.78 is 1.35. The van der Waals surface area contributed by atoms with Gasteiger partial charge in [-0.2, -0.15) is 0 Å². The van der Waals surface area contributed by atoms with Crippen LogP contribution in [0.15, 0.2) is 33.9 Å². The second kappa shape index (κ2) is 6.17. The lowest BCUT2D eigenvalue weighted by Gasteiger charge is -2.21. The standard InChI is InChI=1S/C16H19N3O3/c20-14(18-9-5-1-2-6-10-18)11-19-13-8-4-3-7-12(13)15(21)17-16(19)22/h3-4,7-8H,1-2,5-6,9-11H2,(H,17,21,22). The maximum Gasteiger partial charge on any atom is 0.329 e. The number of hydrogen-bond acceptors (Lipinski definition) is 3. The van der Waals surface area contributed by atoms with E-state index in [9.17, 15) is 14.4 Å². The fourth-order valence-corrected chi connectivity index (χ4v) is 2.95. The van der Waals surface area contributed by atoms with E-state index in [1.54, 1.807) is 24.3 Å². The van der Waals surface area contributed by atoms with E-state index in [4.69, 9.17) is 0 Å². The molecule has 1 saturated heterocycles. The molecule has 116 valence electrons. The molecule has 1 N–H and O–H groups in total. The van der Waals surface area contributed by atoms with Crippen molar-refractivity contribution in [3.8, 4) is 0 Å². The van der Waals surface area contributed by atoms with Gasteiger partial charge >= 0.3 is 5.69 Å². The third kappa shape index (κ3) is 2.81. The van der Waals surface area contributed by atoms with Crippen LogP contribution >= 0.6 is 0 Å². The molecule has 2 aromatic rings. The van der Waals surface area contributed by atoms with Crippen molar-refractivity contribution in [2.75, 3.05) is 13.1 Å². The molecular formula is C16H19N3O3. The first kappa shape index (κ1) is 14.6. The lowest BCUT2D eigenvalue weighted by Crippen LogP contribution is -2.39. The molecule has 0 bridgehead atoms. The first-order chi connectivity index (χ1) is 10.7. The van der Waals surface area contributed by atoms with E-state index in [-0.39, 0.29) is 12.5 Å². The Labute approximate surface area is 127 Å². The van der Waals surface area contributed by atoms with Crippen molar-refractivity contribution in [3.05, 3.63) is 45.1 Å². The smallest absolute Gasteiger partial charge is 0.329 e. The fourth-order valence-electron chi connectivity index (χ4n) is 2.95. The van der Waals surface area contributed by atoms with Crippen molar-refractivity contribution in [1.82, 2.24) is 14.5 Å². The van der Waals surface area contributed by atoms with Crippen LogP contribution in [0.2, 0.25) is 0 Å². The van der Waals surface area contributed by atoms with Crippen LogP contribution in [0.3, 0.4) is 0 Å². The number of hydrogen-bond donors (Lipinski definition) is 1. The molecule has 1 aromatic heterocycles. The Morgan fingerprint density at radius 1 is 1.05 bits per heavy atom. The molecular weight excluding hydrogens is 282 g/mol. The minimum absolute atomic E-state index is 0.0316. The molecule has 1 amide bonds. The molecule has 22 heavy (non-hydrogen) atoms. The zero-order valence-electron chi connectivity index (χ0n) is 12.4. The van der Waals surface area contributed by atoms with Crippen LogP contribution in [0.1, 0.15) is 25.7 Å². The van der Waals surface area contributed by atoms with Gasteiger partial charge in [0, 0.05) is 13.1 Å². The lowest BCUT2D eigenvalue weighted by molar-refractivity contribution is -0.131. The molecule has 6 heteroatoms. The number of H-pyrrole nitrogens is 1. The average Bonchev–Trinajstić information content (AvgIpc) is 2.80. The van der Waals surface area contributed by atoms with Crippen molar-refractivity contribution in [2.24, 2.45) is 0 Å². The van der Waals surface area contributed by atoms with Crippen molar-refractivity contribution in [1.29, 1.82) is 0 Å². The largest absolute Gasteiger partial charge is 0.341 e. The molecule has 1 aromatic carbocycles. The van der Waals surface area contributed by atoms with Gasteiger partial charge in [-0.05, 0) is 25.0 Å². The van der Waals surface area contributed by atoms with E-state index in [1.165, 1.54) is 4.57 Å². The van der Waals surface area contributed by atoms with Gasteiger partial charge in [0.1, 0.15) is 6.54 Å². The summed E-state index contributed by atoms with van der Waals surface area (Å²) in [6.45, 7) is 1.46. The molecule has 1 aliphatic heterocycles. The number of rotatable bonds is 2. The van der Waals surface area contributed by atoms with Gasteiger partial charge in [-0.1, -0.05) is 25.0 Å². The first-order valence-electron chi connectivity index (χ1n) is 7.66. The van der Waals surface area contributed by atoms with Gasteiger partial charge in [-0.3, -0.25) is 19.1 Å². The first-order valence-corrected chi connectivity index (χ1v) is 7.66. The summed E-state index contributed by atoms with van der Waals surface area (Å²) in [5.74, 6) is -0.0683. The Morgan fingerprint density at radius 3 is 2.45 bits per heavy atom. The summed E-state index contributed by atoms with van der Waals surface area (Å²) in [5, 5.41) is 0.422. The van der Waals surface area contributed by atoms with E-state index in [0.717, 1.165) is 38.8 Å². The number of likely N-dealkylation sites (tertiary alicyclic amines) is 1. The van der Waals surface area contributed by atoms with E-state index in [1.807, 2.05) is 4.90 Å². The number of aromatic nitrogens is 2. The highest BCUT2D eigenvalue weighted by Gasteiger charge is 2.17. The molecule has 0 spiro atoms. The summed E-state index contributed by atoms with van der Waals surface area (Å²) in [5.41, 5.74) is -0.453. The molecule has 1 aliphatic rings. The Bertz CT molecular complexity index is 798. The number of benzene rings is 1. The maximum atomic E-state index is 12.5. The average molecular weight is 301 g/mol. The van der Waals surface area contributed by atoms with Crippen LogP contribution in [0, 0.1) is 0 Å². The molecule has 0 aliphatic carbocycles. The third-order valence-electron chi connectivity index (χ3n) is 4.16. The molecule has 0 radical (unpaired) electrons. The van der Waals surface area contributed by atoms with Gasteiger partial charge in [-0.15, -0.1) is 0 Å². The molecule has 0 unspecified atom stereocenters. The van der Waals surface area contributed by atoms with Crippen molar-refractivity contribution < 1.29 is 4.79 Å². The van der Waals surface area contributed by atoms with Gasteiger partial charge < -0.3 is 4.90 Å². The maximum absolute atomic E-state index is 12.5. The highest BCUT2D eigenvalue weighted by atomic mass is 16.2. The van der Waals surface area contributed by atoms with E-state index in [2.05, 4.69) is 4.98 Å². The summed E-state index contributed by atoms with van der Waals surface area (Å²) in [6.07, 6.45) is 4.30. The monoisotopic (exact) mass is 301 g/mol. The number of nitrogens with zero attached hydrogens (tertiary/aromatic N) is 2. The molecule has 1 fully saturated rings. The minimum atomic E-state index is -0.535. The zero-order valence-corrected chi connectivity index (χ0v) is 12.4. The van der Waals surface area contributed by atoms with Gasteiger partial charge in [-0.25, -0.2) is 4.79 Å². The summed E-state index contributed by atoms with van der Waals surface area (Å²) in [7, 11) is 0. The number of carbonyl (C=O) groups is 1. The Morgan fingerprint density at radius 2 is 1.73 bits per heavy atom. The Balaban J connectivity index is 1.95. The second-order valence-corrected chi connectivity index (χ2v) is 5.66. The zero-order chi connectivity index (χ0) is 15.5. The van der Waals surface area contributed by atoms with Gasteiger partial charge in [0.25, 0.3) is 5.56 Å². The summed E-state index contributed by atoms with van der Waals surface area (Å²) in [6, 6.07) is 6.85. The van der Waals surface area contributed by atoms with Crippen LogP contribution in [0.4, 0.5) is 0 Å². The molecule has 0 saturated carbocycles. The van der Waals surface area contributed by atoms with E-state index < -0.39 is 11.2 Å². The normalized spacial score (nSPS) is 15.7. The van der Waals surface area contributed by atoms with Crippen LogP contribution in [-0.2, 0) is 11.3 Å². The number of amides is 1. The van der Waals surface area contributed by atoms with Crippen molar-refractivity contribution in [3.63, 3.8) is 0 Å². The Kier molecular flexibility index (Phi) is 4.09. The van der Waals surface area contributed by atoms with Crippen LogP contribution in [-0.4, -0.2) is 33.4 Å². The molecule has 0 atom stereocenters. The van der Waals surface area contributed by atoms with Crippen LogP contribution < -0.4 is 11.2 Å². The third-order valence-corrected chi connectivity index (χ3v) is 4.16. The highest BCUT2D eigenvalue weighted by Crippen LogP contribution is 2.11. The molecule has 6 nitrogen and oxygen atoms in total. The lowest BCUT2D eigenvalue weighted by atomic mass is 10.2. The van der Waals surface area contributed by atoms with Crippen molar-refractivity contribution >= 4 is 16.8 Å². The highest BCUT2D eigenvalue weighted by molar-refractivity contribution is 5.81. The minimum Gasteiger partial charge on any atom is -0.341 e. The summed E-state index contributed by atoms with van der Waals surface area (Å²) in [4.78, 5) is 40.5. The van der Waals surface area contributed by atoms with Crippen LogP contribution in [0.5, 0.6) is 0 Å². The van der Waals surface area contributed by atoms with E-state index in [0.29, 0.717) is 10.9 Å². The summed E-state index contributed by atoms with van der Waals surface area (Å²) >= 11 is 0. The molecule has 2 heterocycles. The number of nitrogens with one attached hydrogen (secondary N) is 1. The number of para-hydroxylation sites is 1. The SMILES string of the molecule is O=C(Cn1c(=O)[nH]c(=O)c2ccccc21)N1CCCCCC1. The van der Waals surface area contributed by atoms with Gasteiger partial charge in [0.05, 0.1) is 10.9 Å². The van der Waals surface area contributed by atoms with Gasteiger partial charge in [0.2, 0.25) is 5.91 Å². The number of aromatic amines is 1. The van der Waals surface area contributed by atoms with E-state index >= 15 is 0 Å². The molecule has 3 rings (SSSR count). The topological polar surface area (TPSA) is 75.2 Å². The predicted molar refractivity (Wildman–Crippen MR) is 83.9 cm³/mol. The van der Waals surface area contributed by atoms with Crippen LogP contribution in [0.25, 0.3) is 10.9 Å². The number of fused-ring (bicyclic) bond motifs is 1.